The number of para-hydroxylation sites is 1. The molecule has 0 unspecified atom stereocenters. The molecule has 1 N–H and O–H groups in total. The van der Waals surface area contributed by atoms with E-state index >= 15 is 0 Å². The maximum Gasteiger partial charge on any atom is 0.275 e. The molecule has 3 aromatic carbocycles. The van der Waals surface area contributed by atoms with E-state index in [-0.39, 0.29) is 5.91 Å². The molecule has 4 rings (SSSR count). The van der Waals surface area contributed by atoms with E-state index in [2.05, 4.69) is 33.3 Å². The zero-order chi connectivity index (χ0) is 21.6. The summed E-state index contributed by atoms with van der Waals surface area (Å²) in [6.45, 7) is 0.755. The fourth-order valence-corrected chi connectivity index (χ4v) is 3.50. The second-order valence-corrected chi connectivity index (χ2v) is 6.98. The van der Waals surface area contributed by atoms with Crippen LogP contribution in [0.15, 0.2) is 84.1 Å². The maximum atomic E-state index is 12.6. The van der Waals surface area contributed by atoms with Crippen molar-refractivity contribution in [2.45, 2.75) is 6.54 Å². The van der Waals surface area contributed by atoms with Gasteiger partial charge in [0.05, 0.1) is 26.0 Å². The molecule has 0 aliphatic carbocycles. The van der Waals surface area contributed by atoms with Crippen LogP contribution >= 0.6 is 0 Å². The van der Waals surface area contributed by atoms with Gasteiger partial charge in [-0.05, 0) is 23.8 Å². The normalized spacial score (nSPS) is 11.0. The van der Waals surface area contributed by atoms with Crippen LogP contribution in [0.2, 0.25) is 0 Å². The molecule has 6 heteroatoms. The third-order valence-corrected chi connectivity index (χ3v) is 5.04. The summed E-state index contributed by atoms with van der Waals surface area (Å²) in [6, 6.07) is 23.4. The number of fused-ring (bicyclic) bond motifs is 1. The van der Waals surface area contributed by atoms with Crippen molar-refractivity contribution in [3.05, 3.63) is 95.7 Å². The number of carbonyl (C=O) groups excluding carboxylic acids is 1. The van der Waals surface area contributed by atoms with E-state index in [1.807, 2.05) is 42.6 Å². The molecule has 0 saturated carbocycles. The van der Waals surface area contributed by atoms with Crippen molar-refractivity contribution in [1.82, 2.24) is 9.99 Å². The van der Waals surface area contributed by atoms with E-state index in [0.717, 1.165) is 23.0 Å². The van der Waals surface area contributed by atoms with Crippen molar-refractivity contribution in [3.63, 3.8) is 0 Å². The molecule has 31 heavy (non-hydrogen) atoms. The molecule has 6 nitrogen and oxygen atoms in total. The lowest BCUT2D eigenvalue weighted by molar-refractivity contribution is 0.0952. The van der Waals surface area contributed by atoms with Crippen LogP contribution in [0.1, 0.15) is 21.5 Å². The summed E-state index contributed by atoms with van der Waals surface area (Å²) in [5.74, 6) is 0.679. The van der Waals surface area contributed by atoms with Gasteiger partial charge in [0, 0.05) is 35.3 Å². The van der Waals surface area contributed by atoms with Gasteiger partial charge in [0.15, 0.2) is 0 Å². The molecule has 0 radical (unpaired) electrons. The van der Waals surface area contributed by atoms with E-state index in [1.165, 1.54) is 12.7 Å². The van der Waals surface area contributed by atoms with Crippen molar-refractivity contribution in [1.29, 1.82) is 0 Å². The molecule has 0 atom stereocenters. The van der Waals surface area contributed by atoms with Crippen LogP contribution in [0, 0.1) is 0 Å². The van der Waals surface area contributed by atoms with Crippen molar-refractivity contribution in [2.24, 2.45) is 5.10 Å². The minimum Gasteiger partial charge on any atom is -0.497 e. The molecule has 0 aliphatic heterocycles. The molecular weight excluding hydrogens is 390 g/mol. The summed E-state index contributed by atoms with van der Waals surface area (Å²) in [5, 5.41) is 5.25. The van der Waals surface area contributed by atoms with Gasteiger partial charge >= 0.3 is 0 Å². The number of benzene rings is 3. The van der Waals surface area contributed by atoms with Crippen LogP contribution < -0.4 is 14.9 Å². The Labute approximate surface area is 180 Å². The average molecular weight is 413 g/mol. The number of hydrogen-bond acceptors (Lipinski definition) is 4. The molecule has 1 amide bonds. The van der Waals surface area contributed by atoms with Gasteiger partial charge in [-0.15, -0.1) is 0 Å². The van der Waals surface area contributed by atoms with E-state index in [1.54, 1.807) is 31.5 Å². The molecule has 0 fully saturated rings. The lowest BCUT2D eigenvalue weighted by Crippen LogP contribution is -2.18. The largest absolute Gasteiger partial charge is 0.497 e. The Morgan fingerprint density at radius 1 is 1.00 bits per heavy atom. The quantitative estimate of drug-likeness (QED) is 0.359. The Balaban J connectivity index is 1.55. The number of amides is 1. The summed E-state index contributed by atoms with van der Waals surface area (Å²) in [6.07, 6.45) is 3.71. The third kappa shape index (κ3) is 4.43. The zero-order valence-electron chi connectivity index (χ0n) is 17.4. The maximum absolute atomic E-state index is 12.6. The third-order valence-electron chi connectivity index (χ3n) is 5.04. The number of nitrogens with zero attached hydrogens (tertiary/aromatic N) is 2. The second kappa shape index (κ2) is 9.17. The first-order chi connectivity index (χ1) is 15.2. The average Bonchev–Trinajstić information content (AvgIpc) is 3.16. The summed E-state index contributed by atoms with van der Waals surface area (Å²) < 4.78 is 12.6. The highest BCUT2D eigenvalue weighted by molar-refractivity contribution is 6.01. The summed E-state index contributed by atoms with van der Waals surface area (Å²) in [4.78, 5) is 12.6. The Kier molecular flexibility index (Phi) is 5.98. The van der Waals surface area contributed by atoms with Crippen molar-refractivity contribution >= 4 is 23.0 Å². The van der Waals surface area contributed by atoms with Gasteiger partial charge in [-0.1, -0.05) is 48.5 Å². The second-order valence-electron chi connectivity index (χ2n) is 6.98. The van der Waals surface area contributed by atoms with Crippen LogP contribution in [-0.4, -0.2) is 30.9 Å². The van der Waals surface area contributed by atoms with Crippen LogP contribution in [0.3, 0.4) is 0 Å². The molecule has 0 bridgehead atoms. The van der Waals surface area contributed by atoms with E-state index in [4.69, 9.17) is 9.47 Å². The van der Waals surface area contributed by atoms with Crippen LogP contribution in [-0.2, 0) is 6.54 Å². The lowest BCUT2D eigenvalue weighted by atomic mass is 10.2. The Morgan fingerprint density at radius 2 is 1.77 bits per heavy atom. The van der Waals surface area contributed by atoms with Gasteiger partial charge < -0.3 is 14.0 Å². The number of aromatic nitrogens is 1. The lowest BCUT2D eigenvalue weighted by Gasteiger charge is -2.08. The number of carbonyl (C=O) groups is 1. The van der Waals surface area contributed by atoms with Gasteiger partial charge in [-0.2, -0.15) is 5.10 Å². The SMILES string of the molecule is COc1ccc(C(=O)NN=Cc2cn(Cc3ccccc3)c3ccccc23)c(OC)c1. The number of hydrogen-bond donors (Lipinski definition) is 1. The van der Waals surface area contributed by atoms with Crippen molar-refractivity contribution in [2.75, 3.05) is 14.2 Å². The predicted molar refractivity (Wildman–Crippen MR) is 122 cm³/mol. The number of ether oxygens (including phenoxy) is 2. The summed E-state index contributed by atoms with van der Waals surface area (Å²) >= 11 is 0. The molecule has 0 saturated heterocycles. The first-order valence-corrected chi connectivity index (χ1v) is 9.87. The van der Waals surface area contributed by atoms with Crippen molar-refractivity contribution < 1.29 is 14.3 Å². The Hall–Kier alpha value is -4.06. The predicted octanol–water partition coefficient (Wildman–Crippen LogP) is 4.47. The molecular formula is C25H23N3O3. The minimum atomic E-state index is -0.358. The molecule has 0 spiro atoms. The Bertz CT molecular complexity index is 1230. The molecule has 156 valence electrons. The minimum absolute atomic E-state index is 0.358. The molecule has 0 aliphatic rings. The standard InChI is InChI=1S/C25H23N3O3/c1-30-20-12-13-22(24(14-20)31-2)25(29)27-26-15-19-17-28(16-18-8-4-3-5-9-18)23-11-7-6-10-21(19)23/h3-15,17H,16H2,1-2H3,(H,27,29). The van der Waals surface area contributed by atoms with Crippen molar-refractivity contribution in [3.8, 4) is 11.5 Å². The van der Waals surface area contributed by atoms with Gasteiger partial charge in [-0.3, -0.25) is 4.79 Å². The number of rotatable bonds is 7. The van der Waals surface area contributed by atoms with Gasteiger partial charge in [0.25, 0.3) is 5.91 Å². The van der Waals surface area contributed by atoms with E-state index in [0.29, 0.717) is 17.1 Å². The Morgan fingerprint density at radius 3 is 2.55 bits per heavy atom. The monoisotopic (exact) mass is 413 g/mol. The fourth-order valence-electron chi connectivity index (χ4n) is 3.50. The topological polar surface area (TPSA) is 64.8 Å². The van der Waals surface area contributed by atoms with Crippen LogP contribution in [0.5, 0.6) is 11.5 Å². The first kappa shape index (κ1) is 20.2. The first-order valence-electron chi connectivity index (χ1n) is 9.87. The summed E-state index contributed by atoms with van der Waals surface area (Å²) in [5.41, 5.74) is 6.21. The number of hydrazone groups is 1. The fraction of sp³-hybridized carbons (Fsp3) is 0.120. The van der Waals surface area contributed by atoms with Gasteiger partial charge in [0.1, 0.15) is 11.5 Å². The van der Waals surface area contributed by atoms with Gasteiger partial charge in [-0.25, -0.2) is 5.43 Å². The smallest absolute Gasteiger partial charge is 0.275 e. The van der Waals surface area contributed by atoms with E-state index in [9.17, 15) is 4.79 Å². The number of nitrogens with one attached hydrogen (secondary N) is 1. The van der Waals surface area contributed by atoms with Crippen LogP contribution in [0.4, 0.5) is 0 Å². The highest BCUT2D eigenvalue weighted by Gasteiger charge is 2.13. The number of methoxy groups -OCH3 is 2. The molecule has 1 heterocycles. The summed E-state index contributed by atoms with van der Waals surface area (Å²) in [7, 11) is 3.07. The zero-order valence-corrected chi connectivity index (χ0v) is 17.4. The van der Waals surface area contributed by atoms with Crippen LogP contribution in [0.25, 0.3) is 10.9 Å². The molecule has 1 aromatic heterocycles. The van der Waals surface area contributed by atoms with Gasteiger partial charge in [0.2, 0.25) is 0 Å². The molecule has 4 aromatic rings. The highest BCUT2D eigenvalue weighted by atomic mass is 16.5. The van der Waals surface area contributed by atoms with E-state index < -0.39 is 0 Å². The highest BCUT2D eigenvalue weighted by Crippen LogP contribution is 2.24.